The topological polar surface area (TPSA) is 15.3 Å². The third kappa shape index (κ3) is 3.27. The molecule has 0 radical (unpaired) electrons. The standard InChI is InChI=1S/C16H32N2/c1-13-7-6-8-14(2)16(13)18-12-5-4-9-15(18)10-11-17-3/h13-17H,4-12H2,1-3H3. The lowest BCUT2D eigenvalue weighted by atomic mass is 9.76. The van der Waals surface area contributed by atoms with Crippen LogP contribution in [0.3, 0.4) is 0 Å². The van der Waals surface area contributed by atoms with E-state index in [4.69, 9.17) is 0 Å². The van der Waals surface area contributed by atoms with E-state index in [1.54, 1.807) is 0 Å². The summed E-state index contributed by atoms with van der Waals surface area (Å²) in [6.07, 6.45) is 9.98. The Morgan fingerprint density at radius 2 is 1.72 bits per heavy atom. The molecule has 0 amide bonds. The monoisotopic (exact) mass is 252 g/mol. The van der Waals surface area contributed by atoms with Crippen molar-refractivity contribution in [1.82, 2.24) is 10.2 Å². The summed E-state index contributed by atoms with van der Waals surface area (Å²) in [5.74, 6) is 1.81. The minimum Gasteiger partial charge on any atom is -0.320 e. The van der Waals surface area contributed by atoms with Crippen molar-refractivity contribution >= 4 is 0 Å². The largest absolute Gasteiger partial charge is 0.320 e. The lowest BCUT2D eigenvalue weighted by molar-refractivity contribution is 0.0113. The third-order valence-corrected chi connectivity index (χ3v) is 5.27. The first-order chi connectivity index (χ1) is 8.74. The molecule has 1 saturated heterocycles. The van der Waals surface area contributed by atoms with Gasteiger partial charge < -0.3 is 5.32 Å². The maximum absolute atomic E-state index is 3.33. The van der Waals surface area contributed by atoms with Gasteiger partial charge in [0.25, 0.3) is 0 Å². The van der Waals surface area contributed by atoms with Crippen LogP contribution in [0.4, 0.5) is 0 Å². The fraction of sp³-hybridized carbons (Fsp3) is 1.00. The van der Waals surface area contributed by atoms with E-state index in [1.165, 1.54) is 58.0 Å². The Labute approximate surface area is 114 Å². The van der Waals surface area contributed by atoms with Gasteiger partial charge in [-0.05, 0) is 64.1 Å². The van der Waals surface area contributed by atoms with Crippen molar-refractivity contribution in [3.63, 3.8) is 0 Å². The first kappa shape index (κ1) is 14.3. The van der Waals surface area contributed by atoms with Crippen LogP contribution in [0, 0.1) is 11.8 Å². The highest BCUT2D eigenvalue weighted by molar-refractivity contribution is 4.90. The van der Waals surface area contributed by atoms with E-state index >= 15 is 0 Å². The van der Waals surface area contributed by atoms with Crippen LogP contribution in [0.15, 0.2) is 0 Å². The Bertz CT molecular complexity index is 231. The van der Waals surface area contributed by atoms with Crippen LogP contribution in [0.2, 0.25) is 0 Å². The van der Waals surface area contributed by atoms with Gasteiger partial charge in [-0.3, -0.25) is 4.90 Å². The zero-order valence-corrected chi connectivity index (χ0v) is 12.6. The van der Waals surface area contributed by atoms with Crippen molar-refractivity contribution in [2.75, 3.05) is 20.1 Å². The van der Waals surface area contributed by atoms with Gasteiger partial charge >= 0.3 is 0 Å². The number of likely N-dealkylation sites (tertiary alicyclic amines) is 1. The summed E-state index contributed by atoms with van der Waals surface area (Å²) in [7, 11) is 2.08. The zero-order valence-electron chi connectivity index (χ0n) is 12.6. The van der Waals surface area contributed by atoms with Gasteiger partial charge in [0.1, 0.15) is 0 Å². The molecule has 106 valence electrons. The molecule has 1 aliphatic heterocycles. The van der Waals surface area contributed by atoms with E-state index in [2.05, 4.69) is 31.1 Å². The van der Waals surface area contributed by atoms with Crippen molar-refractivity contribution in [2.24, 2.45) is 11.8 Å². The van der Waals surface area contributed by atoms with Gasteiger partial charge in [-0.15, -0.1) is 0 Å². The summed E-state index contributed by atoms with van der Waals surface area (Å²) in [6.45, 7) is 7.51. The molecule has 1 aliphatic carbocycles. The van der Waals surface area contributed by atoms with Crippen molar-refractivity contribution in [1.29, 1.82) is 0 Å². The first-order valence-corrected chi connectivity index (χ1v) is 8.14. The van der Waals surface area contributed by atoms with Crippen LogP contribution in [0.5, 0.6) is 0 Å². The summed E-state index contributed by atoms with van der Waals surface area (Å²) >= 11 is 0. The molecule has 1 saturated carbocycles. The number of hydrogen-bond acceptors (Lipinski definition) is 2. The molecule has 3 unspecified atom stereocenters. The molecule has 2 fully saturated rings. The Morgan fingerprint density at radius 3 is 2.39 bits per heavy atom. The highest BCUT2D eigenvalue weighted by atomic mass is 15.2. The van der Waals surface area contributed by atoms with Crippen molar-refractivity contribution in [2.45, 2.75) is 70.9 Å². The fourth-order valence-corrected chi connectivity index (χ4v) is 4.35. The van der Waals surface area contributed by atoms with Gasteiger partial charge in [-0.2, -0.15) is 0 Å². The number of hydrogen-bond donors (Lipinski definition) is 1. The Morgan fingerprint density at radius 1 is 1.00 bits per heavy atom. The lowest BCUT2D eigenvalue weighted by Crippen LogP contribution is -2.53. The van der Waals surface area contributed by atoms with Crippen LogP contribution in [0.1, 0.15) is 58.8 Å². The molecule has 0 bridgehead atoms. The molecule has 0 aromatic heterocycles. The van der Waals surface area contributed by atoms with Gasteiger partial charge in [-0.25, -0.2) is 0 Å². The summed E-state index contributed by atoms with van der Waals surface area (Å²) in [5, 5.41) is 3.33. The number of piperidine rings is 1. The maximum atomic E-state index is 3.33. The van der Waals surface area contributed by atoms with Crippen LogP contribution in [-0.2, 0) is 0 Å². The van der Waals surface area contributed by atoms with E-state index in [0.29, 0.717) is 0 Å². The van der Waals surface area contributed by atoms with Crippen molar-refractivity contribution in [3.8, 4) is 0 Å². The Hall–Kier alpha value is -0.0800. The molecular formula is C16H32N2. The van der Waals surface area contributed by atoms with E-state index in [1.807, 2.05) is 0 Å². The average molecular weight is 252 g/mol. The second-order valence-corrected chi connectivity index (χ2v) is 6.66. The highest BCUT2D eigenvalue weighted by Gasteiger charge is 2.36. The Balaban J connectivity index is 2.01. The number of rotatable bonds is 4. The van der Waals surface area contributed by atoms with Crippen molar-refractivity contribution in [3.05, 3.63) is 0 Å². The molecule has 3 atom stereocenters. The van der Waals surface area contributed by atoms with Crippen LogP contribution >= 0.6 is 0 Å². The molecule has 1 N–H and O–H groups in total. The molecule has 0 aromatic rings. The normalized spacial score (nSPS) is 38.8. The van der Waals surface area contributed by atoms with E-state index < -0.39 is 0 Å². The van der Waals surface area contributed by atoms with E-state index in [9.17, 15) is 0 Å². The molecule has 1 heterocycles. The van der Waals surface area contributed by atoms with Gasteiger partial charge in [0.05, 0.1) is 0 Å². The fourth-order valence-electron chi connectivity index (χ4n) is 4.35. The molecule has 2 nitrogen and oxygen atoms in total. The highest BCUT2D eigenvalue weighted by Crippen LogP contribution is 2.36. The van der Waals surface area contributed by atoms with Crippen LogP contribution in [-0.4, -0.2) is 37.1 Å². The average Bonchev–Trinajstić information content (AvgIpc) is 2.37. The van der Waals surface area contributed by atoms with Crippen molar-refractivity contribution < 1.29 is 0 Å². The minimum atomic E-state index is 0.846. The van der Waals surface area contributed by atoms with E-state index in [-0.39, 0.29) is 0 Å². The predicted octanol–water partition coefficient (Wildman–Crippen LogP) is 3.28. The van der Waals surface area contributed by atoms with Gasteiger partial charge in [0, 0.05) is 12.1 Å². The first-order valence-electron chi connectivity index (χ1n) is 8.14. The quantitative estimate of drug-likeness (QED) is 0.826. The molecular weight excluding hydrogens is 220 g/mol. The summed E-state index contributed by atoms with van der Waals surface area (Å²) in [5.41, 5.74) is 0. The second kappa shape index (κ2) is 6.91. The van der Waals surface area contributed by atoms with Crippen LogP contribution < -0.4 is 5.32 Å². The third-order valence-electron chi connectivity index (χ3n) is 5.27. The van der Waals surface area contributed by atoms with Gasteiger partial charge in [0.15, 0.2) is 0 Å². The van der Waals surface area contributed by atoms with Gasteiger partial charge in [0.2, 0.25) is 0 Å². The maximum Gasteiger partial charge on any atom is 0.0149 e. The molecule has 0 aromatic carbocycles. The number of nitrogens with zero attached hydrogens (tertiary/aromatic N) is 1. The Kier molecular flexibility index (Phi) is 5.50. The summed E-state index contributed by atoms with van der Waals surface area (Å²) < 4.78 is 0. The van der Waals surface area contributed by atoms with Crippen LogP contribution in [0.25, 0.3) is 0 Å². The lowest BCUT2D eigenvalue weighted by Gasteiger charge is -2.48. The molecule has 0 spiro atoms. The summed E-state index contributed by atoms with van der Waals surface area (Å²) in [6, 6.07) is 1.71. The molecule has 18 heavy (non-hydrogen) atoms. The second-order valence-electron chi connectivity index (χ2n) is 6.66. The molecule has 2 heteroatoms. The predicted molar refractivity (Wildman–Crippen MR) is 78.9 cm³/mol. The minimum absolute atomic E-state index is 0.846. The van der Waals surface area contributed by atoms with E-state index in [0.717, 1.165) is 23.9 Å². The molecule has 2 rings (SSSR count). The summed E-state index contributed by atoms with van der Waals surface area (Å²) in [4.78, 5) is 2.90. The van der Waals surface area contributed by atoms with Gasteiger partial charge in [-0.1, -0.05) is 26.7 Å². The SMILES string of the molecule is CNCCC1CCCCN1C1C(C)CCCC1C. The zero-order chi connectivity index (χ0) is 13.0. The number of nitrogens with one attached hydrogen (secondary N) is 1. The molecule has 2 aliphatic rings. The smallest absolute Gasteiger partial charge is 0.0149 e.